The van der Waals surface area contributed by atoms with Crippen molar-refractivity contribution in [2.75, 3.05) is 0 Å². The summed E-state index contributed by atoms with van der Waals surface area (Å²) in [6, 6.07) is 8.27. The van der Waals surface area contributed by atoms with Gasteiger partial charge in [0.25, 0.3) is 0 Å². The number of halogens is 4. The maximum absolute atomic E-state index is 13.3. The third kappa shape index (κ3) is 3.46. The van der Waals surface area contributed by atoms with Gasteiger partial charge in [-0.25, -0.2) is 4.57 Å². The molecule has 0 fully saturated rings. The molecular formula is C17H13BrF3O4P. The lowest BCUT2D eigenvalue weighted by Crippen LogP contribution is -2.20. The van der Waals surface area contributed by atoms with Gasteiger partial charge in [-0.05, 0) is 36.8 Å². The van der Waals surface area contributed by atoms with Gasteiger partial charge in [-0.3, -0.25) is 4.79 Å². The summed E-state index contributed by atoms with van der Waals surface area (Å²) in [6.07, 6.45) is -5.39. The number of aryl methyl sites for hydroxylation is 1. The molecule has 0 radical (unpaired) electrons. The van der Waals surface area contributed by atoms with Crippen LogP contribution < -0.4 is 9.83 Å². The molecule has 2 aromatic carbocycles. The van der Waals surface area contributed by atoms with Gasteiger partial charge in [-0.2, -0.15) is 13.2 Å². The van der Waals surface area contributed by atoms with Crippen LogP contribution in [0, 0.1) is 6.92 Å². The molecule has 26 heavy (non-hydrogen) atoms. The van der Waals surface area contributed by atoms with Gasteiger partial charge < -0.3 is 9.42 Å². The van der Waals surface area contributed by atoms with Crippen LogP contribution in [-0.2, 0) is 4.57 Å². The zero-order chi connectivity index (χ0) is 19.3. The quantitative estimate of drug-likeness (QED) is 0.679. The third-order valence-electron chi connectivity index (χ3n) is 4.18. The van der Waals surface area contributed by atoms with Crippen LogP contribution in [0.15, 0.2) is 40.9 Å². The van der Waals surface area contributed by atoms with Crippen molar-refractivity contribution in [2.45, 2.75) is 25.4 Å². The number of hydrogen-bond acceptors (Lipinski definition) is 3. The zero-order valence-electron chi connectivity index (χ0n) is 13.4. The van der Waals surface area contributed by atoms with E-state index in [0.29, 0.717) is 10.0 Å². The highest BCUT2D eigenvalue weighted by Crippen LogP contribution is 2.52. The molecule has 4 nitrogen and oxygen atoms in total. The largest absolute Gasteiger partial charge is 0.421 e. The number of fused-ring (bicyclic) bond motifs is 1. The van der Waals surface area contributed by atoms with E-state index >= 15 is 0 Å². The highest BCUT2D eigenvalue weighted by Gasteiger charge is 2.49. The van der Waals surface area contributed by atoms with Gasteiger partial charge in [0, 0.05) is 22.0 Å². The molecule has 0 aliphatic heterocycles. The molecule has 2 atom stereocenters. The number of rotatable bonds is 3. The number of hydrogen-bond donors (Lipinski definition) is 1. The first kappa shape index (κ1) is 19.1. The highest BCUT2D eigenvalue weighted by molar-refractivity contribution is 9.10. The Kier molecular flexibility index (Phi) is 4.80. The molecule has 1 aliphatic carbocycles. The first-order valence-corrected chi connectivity index (χ1v) is 9.89. The minimum absolute atomic E-state index is 0.0221. The fourth-order valence-corrected chi connectivity index (χ4v) is 4.79. The molecule has 2 aromatic rings. The molecule has 0 amide bonds. The molecule has 0 aromatic heterocycles. The summed E-state index contributed by atoms with van der Waals surface area (Å²) in [5, 5.41) is -0.0221. The highest BCUT2D eigenvalue weighted by atomic mass is 79.9. The Bertz CT molecular complexity index is 942. The van der Waals surface area contributed by atoms with E-state index in [2.05, 4.69) is 15.9 Å². The summed E-state index contributed by atoms with van der Waals surface area (Å²) in [4.78, 5) is 22.3. The van der Waals surface area contributed by atoms with Gasteiger partial charge in [0.2, 0.25) is 0 Å². The molecule has 1 aliphatic rings. The van der Waals surface area contributed by atoms with E-state index in [4.69, 9.17) is 4.52 Å². The lowest BCUT2D eigenvalue weighted by atomic mass is 10.00. The van der Waals surface area contributed by atoms with E-state index < -0.39 is 37.6 Å². The van der Waals surface area contributed by atoms with Gasteiger partial charge in [0.1, 0.15) is 5.75 Å². The smallest absolute Gasteiger partial charge is 0.408 e. The van der Waals surface area contributed by atoms with Crippen LogP contribution in [0.25, 0.3) is 0 Å². The molecule has 0 saturated carbocycles. The second-order valence-electron chi connectivity index (χ2n) is 5.98. The molecule has 9 heteroatoms. The molecule has 0 saturated heterocycles. The minimum Gasteiger partial charge on any atom is -0.421 e. The monoisotopic (exact) mass is 448 g/mol. The van der Waals surface area contributed by atoms with Crippen molar-refractivity contribution in [3.63, 3.8) is 0 Å². The predicted molar refractivity (Wildman–Crippen MR) is 93.2 cm³/mol. The number of alkyl halides is 3. The van der Waals surface area contributed by atoms with E-state index in [1.54, 1.807) is 13.0 Å². The number of ketones is 1. The second kappa shape index (κ2) is 6.51. The van der Waals surface area contributed by atoms with Crippen molar-refractivity contribution in [1.82, 2.24) is 0 Å². The van der Waals surface area contributed by atoms with Crippen molar-refractivity contribution in [3.8, 4) is 5.75 Å². The van der Waals surface area contributed by atoms with Crippen LogP contribution in [0.1, 0.15) is 33.8 Å². The van der Waals surface area contributed by atoms with E-state index in [1.807, 2.05) is 0 Å². The first-order chi connectivity index (χ1) is 12.0. The summed E-state index contributed by atoms with van der Waals surface area (Å²) in [5.74, 6) is -3.11. The number of Topliss-reactive ketones (excluding diaryl/α,β-unsaturated/α-hetero) is 1. The maximum Gasteiger partial charge on any atom is 0.408 e. The van der Waals surface area contributed by atoms with Crippen LogP contribution in [0.2, 0.25) is 0 Å². The summed E-state index contributed by atoms with van der Waals surface area (Å²) >= 11 is 3.23. The fraction of sp³-hybridized carbons (Fsp3) is 0.235. The number of carbonyl (C=O) groups excluding carboxylic acids is 1. The zero-order valence-corrected chi connectivity index (χ0v) is 15.9. The summed E-state index contributed by atoms with van der Waals surface area (Å²) in [6.45, 7) is 1.59. The predicted octanol–water partition coefficient (Wildman–Crippen LogP) is 4.88. The molecule has 0 heterocycles. The standard InChI is InChI=1S/C17H13BrF3O4P/c1-9-7-10(18)5-6-15(9)26(23,24)25-14-4-2-3-11-13(22)8-12(16(11)14)17(19,20)21/h2-7,12H,8H2,1H3,(H,23,24). The average Bonchev–Trinajstić information content (AvgIpc) is 2.85. The van der Waals surface area contributed by atoms with Crippen LogP contribution in [-0.4, -0.2) is 16.9 Å². The third-order valence-corrected chi connectivity index (χ3v) is 6.23. The van der Waals surface area contributed by atoms with Gasteiger partial charge >= 0.3 is 13.8 Å². The van der Waals surface area contributed by atoms with Gasteiger partial charge in [-0.15, -0.1) is 0 Å². The molecule has 2 unspecified atom stereocenters. The Balaban J connectivity index is 2.07. The molecular weight excluding hydrogens is 436 g/mol. The Morgan fingerprint density at radius 3 is 2.58 bits per heavy atom. The SMILES string of the molecule is Cc1cc(Br)ccc1P(=O)(O)Oc1cccc2c1C(C(F)(F)F)CC2=O. The van der Waals surface area contributed by atoms with Gasteiger partial charge in [0.15, 0.2) is 5.78 Å². The van der Waals surface area contributed by atoms with Crippen molar-refractivity contribution in [2.24, 2.45) is 0 Å². The van der Waals surface area contributed by atoms with Crippen LogP contribution in [0.3, 0.4) is 0 Å². The van der Waals surface area contributed by atoms with Crippen molar-refractivity contribution >= 4 is 34.6 Å². The Morgan fingerprint density at radius 2 is 1.96 bits per heavy atom. The first-order valence-electron chi connectivity index (χ1n) is 7.52. The summed E-state index contributed by atoms with van der Waals surface area (Å²) in [5.41, 5.74) is -0.0624. The second-order valence-corrected chi connectivity index (χ2v) is 8.60. The normalized spacial score (nSPS) is 19.2. The van der Waals surface area contributed by atoms with Crippen LogP contribution in [0.4, 0.5) is 13.2 Å². The van der Waals surface area contributed by atoms with Gasteiger partial charge in [-0.1, -0.05) is 28.1 Å². The average molecular weight is 449 g/mol. The van der Waals surface area contributed by atoms with Crippen molar-refractivity contribution in [1.29, 1.82) is 0 Å². The van der Waals surface area contributed by atoms with Crippen molar-refractivity contribution in [3.05, 3.63) is 57.6 Å². The number of carbonyl (C=O) groups is 1. The Hall–Kier alpha value is -1.63. The van der Waals surface area contributed by atoms with Crippen molar-refractivity contribution < 1.29 is 31.9 Å². The topological polar surface area (TPSA) is 63.6 Å². The van der Waals surface area contributed by atoms with Gasteiger partial charge in [0.05, 0.1) is 11.2 Å². The number of benzene rings is 2. The molecule has 3 rings (SSSR count). The summed E-state index contributed by atoms with van der Waals surface area (Å²) in [7, 11) is -4.45. The van der Waals surface area contributed by atoms with Crippen LogP contribution >= 0.6 is 23.5 Å². The van der Waals surface area contributed by atoms with E-state index in [1.165, 1.54) is 30.3 Å². The molecule has 1 N–H and O–H groups in total. The summed E-state index contributed by atoms with van der Waals surface area (Å²) < 4.78 is 58.5. The van der Waals surface area contributed by atoms with E-state index in [-0.39, 0.29) is 16.4 Å². The molecule has 0 bridgehead atoms. The Morgan fingerprint density at radius 1 is 1.27 bits per heavy atom. The fourth-order valence-electron chi connectivity index (χ4n) is 3.02. The minimum atomic E-state index is -4.66. The van der Waals surface area contributed by atoms with E-state index in [0.717, 1.165) is 0 Å². The lowest BCUT2D eigenvalue weighted by Gasteiger charge is -2.21. The molecule has 138 valence electrons. The van der Waals surface area contributed by atoms with Crippen LogP contribution in [0.5, 0.6) is 5.75 Å². The lowest BCUT2D eigenvalue weighted by molar-refractivity contribution is -0.148. The van der Waals surface area contributed by atoms with E-state index in [9.17, 15) is 27.4 Å². The molecule has 0 spiro atoms. The Labute approximate surface area is 155 Å². The maximum atomic E-state index is 13.3.